The normalized spacial score (nSPS) is 17.6. The van der Waals surface area contributed by atoms with E-state index in [-0.39, 0.29) is 0 Å². The summed E-state index contributed by atoms with van der Waals surface area (Å²) in [5.41, 5.74) is 5.07. The number of sulfonamides is 1. The molecule has 0 aromatic heterocycles. The summed E-state index contributed by atoms with van der Waals surface area (Å²) in [6.45, 7) is 2.78. The van der Waals surface area contributed by atoms with Gasteiger partial charge in [-0.3, -0.25) is 0 Å². The maximum absolute atomic E-state index is 13.1. The molecular formula is C23H21NO2S. The quantitative estimate of drug-likeness (QED) is 0.663. The highest BCUT2D eigenvalue weighted by molar-refractivity contribution is 7.89. The van der Waals surface area contributed by atoms with Crippen LogP contribution in [0.3, 0.4) is 0 Å². The Morgan fingerprint density at radius 3 is 2.30 bits per heavy atom. The van der Waals surface area contributed by atoms with Crippen molar-refractivity contribution < 1.29 is 8.42 Å². The molecule has 3 aromatic rings. The van der Waals surface area contributed by atoms with Crippen molar-refractivity contribution in [2.75, 3.05) is 6.54 Å². The Kier molecular flexibility index (Phi) is 4.68. The van der Waals surface area contributed by atoms with Gasteiger partial charge in [-0.05, 0) is 41.3 Å². The van der Waals surface area contributed by atoms with E-state index < -0.39 is 10.0 Å². The first-order chi connectivity index (χ1) is 13.0. The van der Waals surface area contributed by atoms with E-state index in [1.165, 1.54) is 5.56 Å². The molecule has 3 nitrogen and oxygen atoms in total. The van der Waals surface area contributed by atoms with E-state index in [0.29, 0.717) is 18.0 Å². The molecule has 4 rings (SSSR count). The first-order valence-electron chi connectivity index (χ1n) is 8.95. The summed E-state index contributed by atoms with van der Waals surface area (Å²) < 4.78 is 27.9. The molecule has 0 N–H and O–H groups in total. The minimum Gasteiger partial charge on any atom is -0.207 e. The summed E-state index contributed by atoms with van der Waals surface area (Å²) in [6, 6.07) is 25.3. The van der Waals surface area contributed by atoms with Crippen LogP contribution in [0.2, 0.25) is 0 Å². The highest BCUT2D eigenvalue weighted by Crippen LogP contribution is 2.35. The minimum atomic E-state index is -3.52. The molecule has 1 aliphatic heterocycles. The smallest absolute Gasteiger partial charge is 0.207 e. The van der Waals surface area contributed by atoms with Crippen LogP contribution in [0.4, 0.5) is 0 Å². The van der Waals surface area contributed by atoms with Gasteiger partial charge in [-0.15, -0.1) is 0 Å². The third-order valence-corrected chi connectivity index (χ3v) is 6.67. The Morgan fingerprint density at radius 1 is 0.889 bits per heavy atom. The highest BCUT2D eigenvalue weighted by atomic mass is 32.2. The van der Waals surface area contributed by atoms with Crippen LogP contribution in [0.15, 0.2) is 83.8 Å². The van der Waals surface area contributed by atoms with Crippen LogP contribution in [0.5, 0.6) is 0 Å². The number of benzene rings is 3. The van der Waals surface area contributed by atoms with E-state index >= 15 is 0 Å². The van der Waals surface area contributed by atoms with Crippen molar-refractivity contribution >= 4 is 21.7 Å². The number of nitrogens with zero attached hydrogens (tertiary/aromatic N) is 1. The maximum atomic E-state index is 13.1. The van der Waals surface area contributed by atoms with E-state index in [1.807, 2.05) is 42.5 Å². The summed E-state index contributed by atoms with van der Waals surface area (Å²) in [7, 11) is -3.52. The molecular weight excluding hydrogens is 354 g/mol. The molecule has 1 aliphatic rings. The lowest BCUT2D eigenvalue weighted by Gasteiger charge is -2.30. The fourth-order valence-corrected chi connectivity index (χ4v) is 5.01. The molecule has 0 fully saturated rings. The van der Waals surface area contributed by atoms with Crippen molar-refractivity contribution in [1.82, 2.24) is 4.31 Å². The van der Waals surface area contributed by atoms with Crippen LogP contribution >= 0.6 is 0 Å². The molecule has 27 heavy (non-hydrogen) atoms. The lowest BCUT2D eigenvalue weighted by molar-refractivity contribution is 0.436. The van der Waals surface area contributed by atoms with Crippen molar-refractivity contribution in [3.8, 4) is 0 Å². The zero-order valence-electron chi connectivity index (χ0n) is 15.2. The van der Waals surface area contributed by atoms with E-state index in [1.54, 1.807) is 16.4 Å². The van der Waals surface area contributed by atoms with E-state index in [0.717, 1.165) is 22.3 Å². The zero-order valence-corrected chi connectivity index (χ0v) is 16.0. The van der Waals surface area contributed by atoms with Gasteiger partial charge < -0.3 is 0 Å². The van der Waals surface area contributed by atoms with E-state index in [9.17, 15) is 8.42 Å². The molecule has 4 heteroatoms. The van der Waals surface area contributed by atoms with Crippen molar-refractivity contribution in [1.29, 1.82) is 0 Å². The fourth-order valence-electron chi connectivity index (χ4n) is 3.37. The summed E-state index contributed by atoms with van der Waals surface area (Å²) in [5.74, 6) is 0. The molecule has 0 aliphatic carbocycles. The summed E-state index contributed by atoms with van der Waals surface area (Å²) in [5, 5.41) is 0. The average molecular weight is 375 g/mol. The van der Waals surface area contributed by atoms with Crippen LogP contribution in [0.25, 0.3) is 11.6 Å². The number of rotatable bonds is 3. The second-order valence-corrected chi connectivity index (χ2v) is 8.74. The van der Waals surface area contributed by atoms with Gasteiger partial charge in [0.15, 0.2) is 0 Å². The number of hydrogen-bond donors (Lipinski definition) is 0. The van der Waals surface area contributed by atoms with Gasteiger partial charge in [0.25, 0.3) is 0 Å². The third-order valence-electron chi connectivity index (χ3n) is 4.82. The largest absolute Gasteiger partial charge is 0.244 e. The zero-order chi connectivity index (χ0) is 18.9. The number of fused-ring (bicyclic) bond motifs is 1. The Bertz CT molecular complexity index is 1080. The van der Waals surface area contributed by atoms with Crippen molar-refractivity contribution in [2.45, 2.75) is 18.4 Å². The molecule has 0 amide bonds. The molecule has 0 atom stereocenters. The summed E-state index contributed by atoms with van der Waals surface area (Å²) >= 11 is 0. The number of aryl methyl sites for hydroxylation is 1. The highest BCUT2D eigenvalue weighted by Gasteiger charge is 2.33. The second-order valence-electron chi connectivity index (χ2n) is 6.84. The lowest BCUT2D eigenvalue weighted by atomic mass is 10.0. The van der Waals surface area contributed by atoms with Gasteiger partial charge in [-0.1, -0.05) is 78.4 Å². The predicted molar refractivity (Wildman–Crippen MR) is 110 cm³/mol. The predicted octanol–water partition coefficient (Wildman–Crippen LogP) is 4.74. The van der Waals surface area contributed by atoms with Gasteiger partial charge in [0.05, 0.1) is 4.90 Å². The molecule has 0 saturated heterocycles. The van der Waals surface area contributed by atoms with Crippen LogP contribution in [0, 0.1) is 6.92 Å². The Morgan fingerprint density at radius 2 is 1.56 bits per heavy atom. The lowest BCUT2D eigenvalue weighted by Crippen LogP contribution is -2.36. The second kappa shape index (κ2) is 7.14. The molecule has 0 saturated carbocycles. The van der Waals surface area contributed by atoms with Gasteiger partial charge in [-0.2, -0.15) is 4.31 Å². The van der Waals surface area contributed by atoms with Crippen molar-refractivity contribution in [3.63, 3.8) is 0 Å². The molecule has 0 radical (unpaired) electrons. The fraction of sp³-hybridized carbons (Fsp3) is 0.130. The van der Waals surface area contributed by atoms with Crippen molar-refractivity contribution in [3.05, 3.63) is 101 Å². The minimum absolute atomic E-state index is 0.363. The summed E-state index contributed by atoms with van der Waals surface area (Å²) in [4.78, 5) is 0.380. The topological polar surface area (TPSA) is 37.4 Å². The third kappa shape index (κ3) is 3.59. The van der Waals surface area contributed by atoms with Crippen LogP contribution in [-0.2, 0) is 16.6 Å². The van der Waals surface area contributed by atoms with Gasteiger partial charge in [-0.25, -0.2) is 8.42 Å². The maximum Gasteiger partial charge on any atom is 0.244 e. The van der Waals surface area contributed by atoms with E-state index in [2.05, 4.69) is 37.3 Å². The molecule has 3 aromatic carbocycles. The van der Waals surface area contributed by atoms with Crippen LogP contribution < -0.4 is 0 Å². The Balaban J connectivity index is 1.79. The molecule has 0 spiro atoms. The van der Waals surface area contributed by atoms with E-state index in [4.69, 9.17) is 0 Å². The molecule has 0 bridgehead atoms. The summed E-state index contributed by atoms with van der Waals surface area (Å²) in [6.07, 6.45) is 2.09. The van der Waals surface area contributed by atoms with Gasteiger partial charge in [0.1, 0.15) is 0 Å². The van der Waals surface area contributed by atoms with Gasteiger partial charge >= 0.3 is 0 Å². The monoisotopic (exact) mass is 375 g/mol. The standard InChI is InChI=1S/C23H21NO2S/c1-18-11-13-19(14-12-18)15-21-17-24(16-20-7-3-2-4-8-20)27(25,26)23-10-6-5-9-22(21)23/h2-15H,16-17H2,1H3/b21-15+. The number of hydrogen-bond acceptors (Lipinski definition) is 2. The first kappa shape index (κ1) is 17.7. The first-order valence-corrected chi connectivity index (χ1v) is 10.4. The van der Waals surface area contributed by atoms with Crippen molar-refractivity contribution in [2.24, 2.45) is 0 Å². The Labute approximate surface area is 160 Å². The molecule has 0 unspecified atom stereocenters. The average Bonchev–Trinajstić information content (AvgIpc) is 2.68. The van der Waals surface area contributed by atoms with Gasteiger partial charge in [0, 0.05) is 13.1 Å². The molecule has 1 heterocycles. The van der Waals surface area contributed by atoms with Crippen LogP contribution in [-0.4, -0.2) is 19.3 Å². The SMILES string of the molecule is Cc1ccc(/C=C2\CN(Cc3ccccc3)S(=O)(=O)c3ccccc32)cc1. The van der Waals surface area contributed by atoms with Gasteiger partial charge in [0.2, 0.25) is 10.0 Å². The molecule has 136 valence electrons. The van der Waals surface area contributed by atoms with Crippen LogP contribution in [0.1, 0.15) is 22.3 Å². The Hall–Kier alpha value is -2.69.